The number of hydrogen-bond acceptors (Lipinski definition) is 6. The van der Waals surface area contributed by atoms with E-state index < -0.39 is 17.9 Å². The van der Waals surface area contributed by atoms with Crippen LogP contribution in [0.3, 0.4) is 0 Å². The standard InChI is InChI=1S/C13H16N2O5/c1-2-18-13(17)11(14)12(16)15-6-8-3-4-9-10(5-8)20-7-19-9/h3-5,11H,2,6-7,14H2,1H3,(H,15,16). The summed E-state index contributed by atoms with van der Waals surface area (Å²) in [6, 6.07) is 4.00. The Kier molecular flexibility index (Phi) is 4.41. The van der Waals surface area contributed by atoms with Crippen LogP contribution in [0.4, 0.5) is 0 Å². The zero-order chi connectivity index (χ0) is 14.5. The van der Waals surface area contributed by atoms with E-state index in [0.717, 1.165) is 5.56 Å². The fourth-order valence-corrected chi connectivity index (χ4v) is 1.69. The van der Waals surface area contributed by atoms with Gasteiger partial charge in [0.2, 0.25) is 12.7 Å². The lowest BCUT2D eigenvalue weighted by atomic mass is 10.2. The lowest BCUT2D eigenvalue weighted by Gasteiger charge is -2.11. The summed E-state index contributed by atoms with van der Waals surface area (Å²) in [5.74, 6) is -0.0217. The number of carbonyl (C=O) groups excluding carboxylic acids is 2. The van der Waals surface area contributed by atoms with Crippen LogP contribution in [-0.2, 0) is 20.9 Å². The van der Waals surface area contributed by atoms with Gasteiger partial charge in [-0.05, 0) is 24.6 Å². The van der Waals surface area contributed by atoms with Crippen molar-refractivity contribution in [2.45, 2.75) is 19.5 Å². The highest BCUT2D eigenvalue weighted by atomic mass is 16.7. The zero-order valence-corrected chi connectivity index (χ0v) is 11.0. The van der Waals surface area contributed by atoms with Crippen LogP contribution in [0, 0.1) is 0 Å². The molecule has 0 fully saturated rings. The predicted octanol–water partition coefficient (Wildman–Crippen LogP) is -0.0781. The summed E-state index contributed by atoms with van der Waals surface area (Å²) in [7, 11) is 0. The Labute approximate surface area is 116 Å². The molecule has 1 aliphatic heterocycles. The van der Waals surface area contributed by atoms with Crippen molar-refractivity contribution in [1.29, 1.82) is 0 Å². The first kappa shape index (κ1) is 14.1. The highest BCUT2D eigenvalue weighted by Gasteiger charge is 2.23. The predicted molar refractivity (Wildman–Crippen MR) is 69.0 cm³/mol. The van der Waals surface area contributed by atoms with Crippen LogP contribution in [-0.4, -0.2) is 31.3 Å². The first-order chi connectivity index (χ1) is 9.61. The Bertz CT molecular complexity index is 517. The molecule has 1 amide bonds. The summed E-state index contributed by atoms with van der Waals surface area (Å²) in [6.45, 7) is 2.26. The first-order valence-corrected chi connectivity index (χ1v) is 6.20. The number of hydrogen-bond donors (Lipinski definition) is 2. The minimum absolute atomic E-state index is 0.183. The van der Waals surface area contributed by atoms with Crippen LogP contribution in [0.1, 0.15) is 12.5 Å². The van der Waals surface area contributed by atoms with Gasteiger partial charge in [-0.15, -0.1) is 0 Å². The third-order valence-corrected chi connectivity index (χ3v) is 2.73. The maximum Gasteiger partial charge on any atom is 0.332 e. The third-order valence-electron chi connectivity index (χ3n) is 2.73. The second-order valence-electron chi connectivity index (χ2n) is 4.14. The van der Waals surface area contributed by atoms with E-state index in [1.807, 2.05) is 0 Å². The summed E-state index contributed by atoms with van der Waals surface area (Å²) in [6.07, 6.45) is 0. The van der Waals surface area contributed by atoms with E-state index in [2.05, 4.69) is 10.1 Å². The van der Waals surface area contributed by atoms with E-state index in [9.17, 15) is 9.59 Å². The number of nitrogens with one attached hydrogen (secondary N) is 1. The number of carbonyl (C=O) groups is 2. The third kappa shape index (κ3) is 3.18. The number of nitrogens with two attached hydrogens (primary N) is 1. The fraction of sp³-hybridized carbons (Fsp3) is 0.385. The van der Waals surface area contributed by atoms with Crippen LogP contribution in [0.25, 0.3) is 0 Å². The normalized spacial score (nSPS) is 13.7. The molecule has 1 aliphatic rings. The minimum atomic E-state index is -1.32. The molecule has 1 unspecified atom stereocenters. The number of benzene rings is 1. The molecule has 0 aromatic heterocycles. The Morgan fingerprint density at radius 2 is 2.15 bits per heavy atom. The summed E-state index contributed by atoms with van der Waals surface area (Å²) >= 11 is 0. The van der Waals surface area contributed by atoms with Crippen molar-refractivity contribution in [3.8, 4) is 11.5 Å². The Morgan fingerprint density at radius 1 is 1.40 bits per heavy atom. The quantitative estimate of drug-likeness (QED) is 0.578. The monoisotopic (exact) mass is 280 g/mol. The lowest BCUT2D eigenvalue weighted by Crippen LogP contribution is -2.46. The molecule has 0 bridgehead atoms. The second kappa shape index (κ2) is 6.25. The van der Waals surface area contributed by atoms with E-state index in [1.165, 1.54) is 0 Å². The summed E-state index contributed by atoms with van der Waals surface area (Å²) in [5, 5.41) is 2.57. The van der Waals surface area contributed by atoms with Crippen LogP contribution in [0.2, 0.25) is 0 Å². The molecule has 7 heteroatoms. The maximum absolute atomic E-state index is 11.7. The maximum atomic E-state index is 11.7. The summed E-state index contributed by atoms with van der Waals surface area (Å²) < 4.78 is 15.1. The minimum Gasteiger partial charge on any atom is -0.464 e. The molecule has 108 valence electrons. The Hall–Kier alpha value is -2.28. The highest BCUT2D eigenvalue weighted by molar-refractivity contribution is 6.01. The highest BCUT2D eigenvalue weighted by Crippen LogP contribution is 2.32. The molecule has 1 heterocycles. The number of rotatable bonds is 5. The number of ether oxygens (including phenoxy) is 3. The zero-order valence-electron chi connectivity index (χ0n) is 11.0. The van der Waals surface area contributed by atoms with Crippen LogP contribution in [0.15, 0.2) is 18.2 Å². The molecule has 2 rings (SSSR count). The lowest BCUT2D eigenvalue weighted by molar-refractivity contribution is -0.148. The van der Waals surface area contributed by atoms with Crippen molar-refractivity contribution in [3.05, 3.63) is 23.8 Å². The summed E-state index contributed by atoms with van der Waals surface area (Å²) in [4.78, 5) is 23.0. The first-order valence-electron chi connectivity index (χ1n) is 6.20. The smallest absolute Gasteiger partial charge is 0.332 e. The molecule has 1 atom stereocenters. The largest absolute Gasteiger partial charge is 0.464 e. The fourth-order valence-electron chi connectivity index (χ4n) is 1.69. The molecule has 0 spiro atoms. The molecule has 0 radical (unpaired) electrons. The van der Waals surface area contributed by atoms with Crippen molar-refractivity contribution in [2.75, 3.05) is 13.4 Å². The summed E-state index contributed by atoms with van der Waals surface area (Å²) in [5.41, 5.74) is 6.29. The van der Waals surface area contributed by atoms with Crippen molar-refractivity contribution >= 4 is 11.9 Å². The van der Waals surface area contributed by atoms with Gasteiger partial charge in [-0.2, -0.15) is 0 Å². The van der Waals surface area contributed by atoms with E-state index in [4.69, 9.17) is 15.2 Å². The van der Waals surface area contributed by atoms with Crippen molar-refractivity contribution in [2.24, 2.45) is 5.73 Å². The molecule has 0 saturated heterocycles. The van der Waals surface area contributed by atoms with Crippen molar-refractivity contribution in [1.82, 2.24) is 5.32 Å². The Morgan fingerprint density at radius 3 is 2.90 bits per heavy atom. The van der Waals surface area contributed by atoms with Gasteiger partial charge in [-0.25, -0.2) is 4.79 Å². The number of esters is 1. The average Bonchev–Trinajstić information content (AvgIpc) is 2.91. The van der Waals surface area contributed by atoms with Gasteiger partial charge in [0.25, 0.3) is 0 Å². The molecule has 0 saturated carbocycles. The van der Waals surface area contributed by atoms with Gasteiger partial charge < -0.3 is 25.3 Å². The van der Waals surface area contributed by atoms with E-state index >= 15 is 0 Å². The van der Waals surface area contributed by atoms with Crippen molar-refractivity contribution < 1.29 is 23.8 Å². The molecule has 3 N–H and O–H groups in total. The van der Waals surface area contributed by atoms with E-state index in [-0.39, 0.29) is 19.9 Å². The molecular weight excluding hydrogens is 264 g/mol. The second-order valence-corrected chi connectivity index (χ2v) is 4.14. The Balaban J connectivity index is 1.88. The van der Waals surface area contributed by atoms with Crippen LogP contribution >= 0.6 is 0 Å². The molecule has 1 aromatic rings. The topological polar surface area (TPSA) is 99.9 Å². The SMILES string of the molecule is CCOC(=O)C(N)C(=O)NCc1ccc2c(c1)OCO2. The van der Waals surface area contributed by atoms with Gasteiger partial charge in [0.1, 0.15) is 0 Å². The van der Waals surface area contributed by atoms with Gasteiger partial charge in [-0.3, -0.25) is 4.79 Å². The van der Waals surface area contributed by atoms with Gasteiger partial charge in [0.05, 0.1) is 6.61 Å². The average molecular weight is 280 g/mol. The molecule has 1 aromatic carbocycles. The molecule has 0 aliphatic carbocycles. The number of amides is 1. The molecular formula is C13H16N2O5. The van der Waals surface area contributed by atoms with Crippen molar-refractivity contribution in [3.63, 3.8) is 0 Å². The number of fused-ring (bicyclic) bond motifs is 1. The molecule has 20 heavy (non-hydrogen) atoms. The van der Waals surface area contributed by atoms with Gasteiger partial charge in [-0.1, -0.05) is 6.07 Å². The van der Waals surface area contributed by atoms with Gasteiger partial charge in [0, 0.05) is 6.54 Å². The van der Waals surface area contributed by atoms with Crippen LogP contribution in [0.5, 0.6) is 11.5 Å². The van der Waals surface area contributed by atoms with Gasteiger partial charge in [0.15, 0.2) is 17.5 Å². The van der Waals surface area contributed by atoms with Gasteiger partial charge >= 0.3 is 5.97 Å². The molecule has 7 nitrogen and oxygen atoms in total. The van der Waals surface area contributed by atoms with E-state index in [1.54, 1.807) is 25.1 Å². The van der Waals surface area contributed by atoms with Crippen LogP contribution < -0.4 is 20.5 Å². The van der Waals surface area contributed by atoms with E-state index in [0.29, 0.717) is 11.5 Å².